The summed E-state index contributed by atoms with van der Waals surface area (Å²) in [5.41, 5.74) is 13.4. The second kappa shape index (κ2) is 7.64. The number of hydrogen-bond acceptors (Lipinski definition) is 5. The Morgan fingerprint density at radius 3 is 2.30 bits per heavy atom. The average Bonchev–Trinajstić information content (AvgIpc) is 2.78. The van der Waals surface area contributed by atoms with Crippen LogP contribution < -0.4 is 16.4 Å². The van der Waals surface area contributed by atoms with Gasteiger partial charge in [-0.2, -0.15) is 0 Å². The first-order chi connectivity index (χ1) is 10.9. The Labute approximate surface area is 138 Å². The van der Waals surface area contributed by atoms with E-state index in [1.165, 1.54) is 0 Å². The minimum Gasteiger partial charge on any atom is -0.369 e. The van der Waals surface area contributed by atoms with Gasteiger partial charge in [-0.15, -0.1) is 0 Å². The van der Waals surface area contributed by atoms with Crippen LogP contribution in [0.15, 0.2) is 12.1 Å². The van der Waals surface area contributed by atoms with Crippen molar-refractivity contribution in [3.05, 3.63) is 12.1 Å². The van der Waals surface area contributed by atoms with E-state index in [1.54, 1.807) is 0 Å². The van der Waals surface area contributed by atoms with Crippen molar-refractivity contribution in [2.45, 2.75) is 40.7 Å². The molecular formula is C17H30N6. The number of imidazole rings is 1. The van der Waals surface area contributed by atoms with Crippen LogP contribution >= 0.6 is 0 Å². The van der Waals surface area contributed by atoms with Crippen molar-refractivity contribution in [2.24, 2.45) is 17.6 Å². The zero-order valence-corrected chi connectivity index (χ0v) is 14.8. The van der Waals surface area contributed by atoms with Gasteiger partial charge in [0.1, 0.15) is 11.3 Å². The highest BCUT2D eigenvalue weighted by molar-refractivity contribution is 5.76. The van der Waals surface area contributed by atoms with E-state index in [9.17, 15) is 0 Å². The smallest absolute Gasteiger partial charge is 0.202 e. The third-order valence-corrected chi connectivity index (χ3v) is 3.69. The second-order valence-corrected chi connectivity index (χ2v) is 6.97. The zero-order valence-electron chi connectivity index (χ0n) is 14.8. The molecule has 0 saturated heterocycles. The number of rotatable bonds is 8. The van der Waals surface area contributed by atoms with Gasteiger partial charge in [0.05, 0.1) is 0 Å². The Morgan fingerprint density at radius 2 is 1.74 bits per heavy atom. The van der Waals surface area contributed by atoms with E-state index >= 15 is 0 Å². The average molecular weight is 318 g/mol. The summed E-state index contributed by atoms with van der Waals surface area (Å²) in [6.45, 7) is 12.3. The third-order valence-electron chi connectivity index (χ3n) is 3.69. The highest BCUT2D eigenvalue weighted by atomic mass is 15.2. The van der Waals surface area contributed by atoms with Crippen LogP contribution in [0.2, 0.25) is 0 Å². The molecule has 2 aromatic rings. The molecule has 23 heavy (non-hydrogen) atoms. The van der Waals surface area contributed by atoms with Gasteiger partial charge in [-0.25, -0.2) is 9.97 Å². The van der Waals surface area contributed by atoms with Crippen LogP contribution in [0.1, 0.15) is 34.1 Å². The van der Waals surface area contributed by atoms with Crippen LogP contribution in [0.25, 0.3) is 11.2 Å². The molecule has 0 aromatic carbocycles. The molecule has 0 saturated carbocycles. The monoisotopic (exact) mass is 318 g/mol. The Bertz CT molecular complexity index is 621. The quantitative estimate of drug-likeness (QED) is 0.781. The van der Waals surface area contributed by atoms with Crippen molar-refractivity contribution in [3.63, 3.8) is 0 Å². The summed E-state index contributed by atoms with van der Waals surface area (Å²) in [6.07, 6.45) is 0.864. The van der Waals surface area contributed by atoms with Gasteiger partial charge in [0.2, 0.25) is 5.95 Å². The fourth-order valence-electron chi connectivity index (χ4n) is 2.80. The van der Waals surface area contributed by atoms with E-state index in [2.05, 4.69) is 37.6 Å². The molecule has 0 aliphatic carbocycles. The molecule has 0 unspecified atom stereocenters. The minimum atomic E-state index is 0.511. The van der Waals surface area contributed by atoms with E-state index in [-0.39, 0.29) is 0 Å². The Balaban J connectivity index is 2.39. The molecule has 0 amide bonds. The summed E-state index contributed by atoms with van der Waals surface area (Å²) in [6, 6.07) is 4.06. The lowest BCUT2D eigenvalue weighted by Gasteiger charge is -2.27. The van der Waals surface area contributed by atoms with E-state index < -0.39 is 0 Å². The van der Waals surface area contributed by atoms with E-state index in [0.29, 0.717) is 24.3 Å². The topological polar surface area (TPSA) is 86.0 Å². The van der Waals surface area contributed by atoms with Gasteiger partial charge in [0.15, 0.2) is 5.65 Å². The number of hydrogen-bond donors (Lipinski definition) is 2. The van der Waals surface area contributed by atoms with Crippen molar-refractivity contribution in [1.82, 2.24) is 14.5 Å². The predicted molar refractivity (Wildman–Crippen MR) is 97.5 cm³/mol. The van der Waals surface area contributed by atoms with Gasteiger partial charge in [-0.05, 0) is 36.9 Å². The first kappa shape index (κ1) is 17.5. The summed E-state index contributed by atoms with van der Waals surface area (Å²) < 4.78 is 1.97. The summed E-state index contributed by atoms with van der Waals surface area (Å²) in [5, 5.41) is 0. The van der Waals surface area contributed by atoms with Crippen molar-refractivity contribution in [2.75, 3.05) is 30.3 Å². The fraction of sp³-hybridized carbons (Fsp3) is 0.647. The van der Waals surface area contributed by atoms with Crippen LogP contribution in [-0.2, 0) is 6.54 Å². The molecule has 0 aliphatic rings. The highest BCUT2D eigenvalue weighted by Crippen LogP contribution is 2.22. The van der Waals surface area contributed by atoms with Gasteiger partial charge in [-0.3, -0.25) is 4.57 Å². The molecule has 128 valence electrons. The van der Waals surface area contributed by atoms with Crippen LogP contribution in [0.3, 0.4) is 0 Å². The van der Waals surface area contributed by atoms with Crippen LogP contribution in [0.4, 0.5) is 11.8 Å². The normalized spacial score (nSPS) is 11.8. The van der Waals surface area contributed by atoms with Crippen LogP contribution in [-0.4, -0.2) is 34.2 Å². The maximum atomic E-state index is 6.04. The number of fused-ring (bicyclic) bond motifs is 1. The van der Waals surface area contributed by atoms with Crippen molar-refractivity contribution < 1.29 is 0 Å². The number of nitrogens with two attached hydrogens (primary N) is 2. The van der Waals surface area contributed by atoms with Gasteiger partial charge in [0, 0.05) is 19.6 Å². The molecule has 0 bridgehead atoms. The summed E-state index contributed by atoms with van der Waals surface area (Å²) in [4.78, 5) is 11.6. The predicted octanol–water partition coefficient (Wildman–Crippen LogP) is 2.48. The molecule has 0 aliphatic heterocycles. The Kier molecular flexibility index (Phi) is 5.82. The number of aromatic nitrogens is 3. The van der Waals surface area contributed by atoms with Crippen molar-refractivity contribution in [1.29, 1.82) is 0 Å². The molecule has 6 heteroatoms. The van der Waals surface area contributed by atoms with E-state index in [4.69, 9.17) is 16.5 Å². The molecule has 2 heterocycles. The van der Waals surface area contributed by atoms with Gasteiger partial charge in [-0.1, -0.05) is 27.7 Å². The zero-order chi connectivity index (χ0) is 17.0. The lowest BCUT2D eigenvalue weighted by atomic mass is 10.1. The second-order valence-electron chi connectivity index (χ2n) is 6.97. The van der Waals surface area contributed by atoms with Crippen LogP contribution in [0, 0.1) is 11.8 Å². The highest BCUT2D eigenvalue weighted by Gasteiger charge is 2.15. The third kappa shape index (κ3) is 4.34. The van der Waals surface area contributed by atoms with Crippen molar-refractivity contribution in [3.8, 4) is 0 Å². The molecule has 4 N–H and O–H groups in total. The fourth-order valence-corrected chi connectivity index (χ4v) is 2.80. The van der Waals surface area contributed by atoms with Crippen molar-refractivity contribution >= 4 is 22.9 Å². The lowest BCUT2D eigenvalue weighted by molar-refractivity contribution is 0.549. The molecule has 2 rings (SSSR count). The minimum absolute atomic E-state index is 0.511. The summed E-state index contributed by atoms with van der Waals surface area (Å²) in [7, 11) is 0. The number of anilines is 2. The number of pyridine rings is 1. The number of nitrogens with zero attached hydrogens (tertiary/aromatic N) is 4. The number of aryl methyl sites for hydroxylation is 1. The molecule has 0 radical (unpaired) electrons. The Morgan fingerprint density at radius 1 is 1.09 bits per heavy atom. The first-order valence-electron chi connectivity index (χ1n) is 8.50. The summed E-state index contributed by atoms with van der Waals surface area (Å²) in [5.74, 6) is 2.67. The SMILES string of the molecule is CC(C)CN(CC(C)C)c1ccc2nc(N)n(CCCN)c2n1. The molecule has 0 fully saturated rings. The first-order valence-corrected chi connectivity index (χ1v) is 8.50. The summed E-state index contributed by atoms with van der Waals surface area (Å²) >= 11 is 0. The largest absolute Gasteiger partial charge is 0.369 e. The van der Waals surface area contributed by atoms with E-state index in [0.717, 1.165) is 43.0 Å². The Hall–Kier alpha value is -1.82. The molecule has 6 nitrogen and oxygen atoms in total. The molecule has 2 aromatic heterocycles. The van der Waals surface area contributed by atoms with Crippen LogP contribution in [0.5, 0.6) is 0 Å². The van der Waals surface area contributed by atoms with Gasteiger partial charge in [0.25, 0.3) is 0 Å². The maximum absolute atomic E-state index is 6.04. The molecule has 0 atom stereocenters. The maximum Gasteiger partial charge on any atom is 0.202 e. The van der Waals surface area contributed by atoms with Gasteiger partial charge < -0.3 is 16.4 Å². The lowest BCUT2D eigenvalue weighted by Crippen LogP contribution is -2.32. The standard InChI is InChI=1S/C17H30N6/c1-12(2)10-22(11-13(3)4)15-7-6-14-16(21-15)23(9-5-8-18)17(19)20-14/h6-7,12-13H,5,8-11,18H2,1-4H3,(H2,19,20). The van der Waals surface area contributed by atoms with Gasteiger partial charge >= 0.3 is 0 Å². The molecule has 0 spiro atoms. The molecular weight excluding hydrogens is 288 g/mol. The number of nitrogen functional groups attached to an aromatic ring is 1. The van der Waals surface area contributed by atoms with E-state index in [1.807, 2.05) is 16.7 Å².